The van der Waals surface area contributed by atoms with Crippen LogP contribution in [0.15, 0.2) is 24.3 Å². The quantitative estimate of drug-likeness (QED) is 0.626. The molecule has 1 N–H and O–H groups in total. The van der Waals surface area contributed by atoms with Crippen molar-refractivity contribution in [2.24, 2.45) is 0 Å². The maximum Gasteiger partial charge on any atom is 0.269 e. The number of nitrogens with zero attached hydrogens (tertiary/aromatic N) is 1. The molecule has 2 rings (SSSR count). The van der Waals surface area contributed by atoms with E-state index in [9.17, 15) is 15.2 Å². The number of ether oxygens (including phenoxy) is 1. The summed E-state index contributed by atoms with van der Waals surface area (Å²) in [5, 5.41) is 20.4. The highest BCUT2D eigenvalue weighted by Gasteiger charge is 2.25. The number of hydrogen-bond donors (Lipinski definition) is 1. The maximum atomic E-state index is 10.5. The highest BCUT2D eigenvalue weighted by molar-refractivity contribution is 5.34. The Bertz CT molecular complexity index is 370. The number of nitro groups is 1. The summed E-state index contributed by atoms with van der Waals surface area (Å²) in [5.74, 6) is 0. The molecule has 0 radical (unpaired) electrons. The molecule has 0 amide bonds. The molecule has 2 atom stereocenters. The molecule has 1 fully saturated rings. The predicted octanol–water partition coefficient (Wildman–Crippen LogP) is 1.81. The average Bonchev–Trinajstić information content (AvgIpc) is 2.81. The number of aliphatic hydroxyl groups excluding tert-OH is 1. The van der Waals surface area contributed by atoms with E-state index in [-0.39, 0.29) is 11.8 Å². The van der Waals surface area contributed by atoms with Gasteiger partial charge in [-0.1, -0.05) is 0 Å². The maximum absolute atomic E-state index is 10.5. The van der Waals surface area contributed by atoms with Crippen LogP contribution in [0.5, 0.6) is 0 Å². The van der Waals surface area contributed by atoms with Crippen molar-refractivity contribution >= 4 is 5.69 Å². The second kappa shape index (κ2) is 4.59. The molecule has 16 heavy (non-hydrogen) atoms. The molecule has 1 aliphatic heterocycles. The van der Waals surface area contributed by atoms with Gasteiger partial charge >= 0.3 is 0 Å². The zero-order valence-corrected chi connectivity index (χ0v) is 8.70. The molecule has 0 aromatic heterocycles. The molecule has 1 aliphatic rings. The van der Waals surface area contributed by atoms with Gasteiger partial charge in [0, 0.05) is 18.7 Å². The van der Waals surface area contributed by atoms with Crippen molar-refractivity contribution in [3.8, 4) is 0 Å². The zero-order valence-electron chi connectivity index (χ0n) is 8.70. The third-order valence-electron chi connectivity index (χ3n) is 2.76. The number of hydrogen-bond acceptors (Lipinski definition) is 4. The van der Waals surface area contributed by atoms with Crippen LogP contribution in [-0.4, -0.2) is 22.7 Å². The van der Waals surface area contributed by atoms with Crippen LogP contribution in [0.1, 0.15) is 24.5 Å². The van der Waals surface area contributed by atoms with Crippen LogP contribution in [0, 0.1) is 10.1 Å². The van der Waals surface area contributed by atoms with Gasteiger partial charge in [-0.15, -0.1) is 0 Å². The molecule has 1 aromatic rings. The third-order valence-corrected chi connectivity index (χ3v) is 2.76. The van der Waals surface area contributed by atoms with Gasteiger partial charge in [0.2, 0.25) is 0 Å². The molecule has 1 saturated heterocycles. The summed E-state index contributed by atoms with van der Waals surface area (Å²) in [6.45, 7) is 0.675. The molecular weight excluding hydrogens is 210 g/mol. The van der Waals surface area contributed by atoms with Crippen molar-refractivity contribution in [2.45, 2.75) is 25.0 Å². The SMILES string of the molecule is O=[N+]([O-])c1ccc([C@@H](O)[C@H]2CCCO2)cc1. The number of nitro benzene ring substituents is 1. The summed E-state index contributed by atoms with van der Waals surface area (Å²) in [4.78, 5) is 10.0. The molecular formula is C11H13NO4. The Morgan fingerprint density at radius 1 is 1.44 bits per heavy atom. The lowest BCUT2D eigenvalue weighted by atomic mass is 10.0. The molecule has 0 spiro atoms. The van der Waals surface area contributed by atoms with Gasteiger partial charge in [-0.2, -0.15) is 0 Å². The van der Waals surface area contributed by atoms with E-state index in [4.69, 9.17) is 4.74 Å². The molecule has 1 aromatic carbocycles. The lowest BCUT2D eigenvalue weighted by Crippen LogP contribution is -2.16. The Balaban J connectivity index is 2.11. The van der Waals surface area contributed by atoms with Crippen molar-refractivity contribution < 1.29 is 14.8 Å². The molecule has 0 unspecified atom stereocenters. The van der Waals surface area contributed by atoms with E-state index in [1.165, 1.54) is 12.1 Å². The van der Waals surface area contributed by atoms with E-state index < -0.39 is 11.0 Å². The van der Waals surface area contributed by atoms with Crippen molar-refractivity contribution in [1.82, 2.24) is 0 Å². The smallest absolute Gasteiger partial charge is 0.269 e. The first-order chi connectivity index (χ1) is 7.68. The Labute approximate surface area is 92.8 Å². The van der Waals surface area contributed by atoms with Crippen LogP contribution < -0.4 is 0 Å². The van der Waals surface area contributed by atoms with E-state index in [1.807, 2.05) is 0 Å². The minimum atomic E-state index is -0.691. The van der Waals surface area contributed by atoms with E-state index in [0.29, 0.717) is 12.2 Å². The van der Waals surface area contributed by atoms with Crippen LogP contribution in [0.3, 0.4) is 0 Å². The first kappa shape index (κ1) is 11.0. The first-order valence-corrected chi connectivity index (χ1v) is 5.22. The van der Waals surface area contributed by atoms with E-state index in [2.05, 4.69) is 0 Å². The summed E-state index contributed by atoms with van der Waals surface area (Å²) >= 11 is 0. The normalized spacial score (nSPS) is 21.9. The van der Waals surface area contributed by atoms with E-state index in [1.54, 1.807) is 12.1 Å². The van der Waals surface area contributed by atoms with Gasteiger partial charge in [-0.05, 0) is 30.5 Å². The summed E-state index contributed by atoms with van der Waals surface area (Å²) in [7, 11) is 0. The fourth-order valence-corrected chi connectivity index (χ4v) is 1.86. The number of benzene rings is 1. The van der Waals surface area contributed by atoms with Gasteiger partial charge in [0.15, 0.2) is 0 Å². The molecule has 86 valence electrons. The molecule has 5 nitrogen and oxygen atoms in total. The number of non-ortho nitro benzene ring substituents is 1. The van der Waals surface area contributed by atoms with Crippen LogP contribution in [0.4, 0.5) is 5.69 Å². The van der Waals surface area contributed by atoms with Crippen molar-refractivity contribution in [2.75, 3.05) is 6.61 Å². The van der Waals surface area contributed by atoms with Gasteiger partial charge < -0.3 is 9.84 Å². The zero-order chi connectivity index (χ0) is 11.5. The first-order valence-electron chi connectivity index (χ1n) is 5.22. The largest absolute Gasteiger partial charge is 0.386 e. The summed E-state index contributed by atoms with van der Waals surface area (Å²) in [6.07, 6.45) is 0.914. The molecule has 5 heteroatoms. The Morgan fingerprint density at radius 3 is 2.62 bits per heavy atom. The number of aliphatic hydroxyl groups is 1. The summed E-state index contributed by atoms with van der Waals surface area (Å²) in [5.41, 5.74) is 0.695. The van der Waals surface area contributed by atoms with Crippen LogP contribution in [-0.2, 0) is 4.74 Å². The highest BCUT2D eigenvalue weighted by Crippen LogP contribution is 2.27. The minimum absolute atomic E-state index is 0.0308. The minimum Gasteiger partial charge on any atom is -0.386 e. The van der Waals surface area contributed by atoms with Gasteiger partial charge in [0.1, 0.15) is 6.10 Å². The Kier molecular flexibility index (Phi) is 3.17. The summed E-state index contributed by atoms with van der Waals surface area (Å²) < 4.78 is 5.36. The predicted molar refractivity (Wildman–Crippen MR) is 57.0 cm³/mol. The molecule has 0 aliphatic carbocycles. The van der Waals surface area contributed by atoms with Crippen molar-refractivity contribution in [3.63, 3.8) is 0 Å². The Morgan fingerprint density at radius 2 is 2.12 bits per heavy atom. The standard InChI is InChI=1S/C11H13NO4/c13-11(10-2-1-7-16-10)8-3-5-9(6-4-8)12(14)15/h3-6,10-11,13H,1-2,7H2/t10-,11-/m1/s1. The lowest BCUT2D eigenvalue weighted by molar-refractivity contribution is -0.384. The van der Waals surface area contributed by atoms with Crippen LogP contribution in [0.2, 0.25) is 0 Å². The second-order valence-corrected chi connectivity index (χ2v) is 3.84. The molecule has 0 bridgehead atoms. The second-order valence-electron chi connectivity index (χ2n) is 3.84. The lowest BCUT2D eigenvalue weighted by Gasteiger charge is -2.17. The van der Waals surface area contributed by atoms with Crippen LogP contribution >= 0.6 is 0 Å². The van der Waals surface area contributed by atoms with Crippen molar-refractivity contribution in [1.29, 1.82) is 0 Å². The molecule has 1 heterocycles. The average molecular weight is 223 g/mol. The fourth-order valence-electron chi connectivity index (χ4n) is 1.86. The third kappa shape index (κ3) is 2.20. The topological polar surface area (TPSA) is 72.6 Å². The highest BCUT2D eigenvalue weighted by atomic mass is 16.6. The van der Waals surface area contributed by atoms with Gasteiger partial charge in [-0.25, -0.2) is 0 Å². The van der Waals surface area contributed by atoms with Gasteiger partial charge in [-0.3, -0.25) is 10.1 Å². The van der Waals surface area contributed by atoms with E-state index >= 15 is 0 Å². The van der Waals surface area contributed by atoms with Crippen molar-refractivity contribution in [3.05, 3.63) is 39.9 Å². The van der Waals surface area contributed by atoms with Crippen LogP contribution in [0.25, 0.3) is 0 Å². The van der Waals surface area contributed by atoms with E-state index in [0.717, 1.165) is 12.8 Å². The van der Waals surface area contributed by atoms with Gasteiger partial charge in [0.05, 0.1) is 11.0 Å². The van der Waals surface area contributed by atoms with Gasteiger partial charge in [0.25, 0.3) is 5.69 Å². The monoisotopic (exact) mass is 223 g/mol. The summed E-state index contributed by atoms with van der Waals surface area (Å²) in [6, 6.07) is 5.94. The number of rotatable bonds is 3. The Hall–Kier alpha value is -1.46. The fraction of sp³-hybridized carbons (Fsp3) is 0.455. The molecule has 0 saturated carbocycles.